The molecule has 0 aliphatic heterocycles. The van der Waals surface area contributed by atoms with Gasteiger partial charge in [0, 0.05) is 19.3 Å². The molecule has 2 N–H and O–H groups in total. The van der Waals surface area contributed by atoms with Gasteiger partial charge < -0.3 is 10.4 Å². The van der Waals surface area contributed by atoms with E-state index in [1.807, 2.05) is 6.92 Å². The maximum absolute atomic E-state index is 12.3. The van der Waals surface area contributed by atoms with Crippen LogP contribution in [0.1, 0.15) is 42.7 Å². The van der Waals surface area contributed by atoms with Crippen LogP contribution in [0.5, 0.6) is 0 Å². The van der Waals surface area contributed by atoms with Crippen LogP contribution >= 0.6 is 0 Å². The van der Waals surface area contributed by atoms with Gasteiger partial charge in [0.2, 0.25) is 0 Å². The molecular weight excluding hydrogens is 270 g/mol. The van der Waals surface area contributed by atoms with Crippen molar-refractivity contribution in [3.63, 3.8) is 0 Å². The van der Waals surface area contributed by atoms with Gasteiger partial charge in [-0.3, -0.25) is 4.79 Å². The number of aliphatic hydroxyl groups is 1. The van der Waals surface area contributed by atoms with E-state index in [0.29, 0.717) is 23.6 Å². The largest absolute Gasteiger partial charge is 0.396 e. The Kier molecular flexibility index (Phi) is 4.52. The van der Waals surface area contributed by atoms with Crippen molar-refractivity contribution in [2.24, 2.45) is 5.41 Å². The molecule has 0 aromatic carbocycles. The molecule has 21 heavy (non-hydrogen) atoms. The average molecular weight is 291 g/mol. The molecule has 0 saturated heterocycles. The Morgan fingerprint density at radius 3 is 2.90 bits per heavy atom. The number of carbonyl (C=O) groups excluding carboxylic acids is 1. The third-order valence-electron chi connectivity index (χ3n) is 3.53. The number of hydrogen-bond donors (Lipinski definition) is 2. The lowest BCUT2D eigenvalue weighted by atomic mass is 9.88. The molecule has 2 rings (SSSR count). The first-order chi connectivity index (χ1) is 9.94. The highest BCUT2D eigenvalue weighted by Gasteiger charge is 2.20. The van der Waals surface area contributed by atoms with Gasteiger partial charge in [-0.05, 0) is 25.2 Å². The van der Waals surface area contributed by atoms with Gasteiger partial charge in [0.25, 0.3) is 11.7 Å². The Bertz CT molecular complexity index is 635. The van der Waals surface area contributed by atoms with Gasteiger partial charge in [0.15, 0.2) is 0 Å². The van der Waals surface area contributed by atoms with Crippen molar-refractivity contribution >= 4 is 11.7 Å². The molecule has 114 valence electrons. The number of aromatic nitrogens is 4. The lowest BCUT2D eigenvalue weighted by Crippen LogP contribution is -2.34. The Morgan fingerprint density at radius 1 is 1.43 bits per heavy atom. The Hall–Kier alpha value is -2.02. The maximum atomic E-state index is 12.3. The van der Waals surface area contributed by atoms with Crippen LogP contribution in [0.4, 0.5) is 0 Å². The summed E-state index contributed by atoms with van der Waals surface area (Å²) in [5, 5.41) is 15.9. The Labute approximate surface area is 123 Å². The van der Waals surface area contributed by atoms with E-state index in [9.17, 15) is 4.79 Å². The molecule has 0 aliphatic carbocycles. The highest BCUT2D eigenvalue weighted by atomic mass is 16.2. The minimum absolute atomic E-state index is 0.0585. The second-order valence-electron chi connectivity index (χ2n) is 5.90. The third kappa shape index (κ3) is 3.55. The fourth-order valence-corrected chi connectivity index (χ4v) is 2.17. The number of hydrogen-bond acceptors (Lipinski definition) is 5. The molecule has 0 atom stereocenters. The van der Waals surface area contributed by atoms with Crippen LogP contribution < -0.4 is 5.32 Å². The first kappa shape index (κ1) is 15.4. The molecule has 2 aromatic heterocycles. The van der Waals surface area contributed by atoms with E-state index >= 15 is 0 Å². The molecule has 0 aliphatic rings. The summed E-state index contributed by atoms with van der Waals surface area (Å²) in [4.78, 5) is 20.4. The van der Waals surface area contributed by atoms with Crippen LogP contribution in [-0.2, 0) is 0 Å². The topological polar surface area (TPSA) is 92.4 Å². The second-order valence-corrected chi connectivity index (χ2v) is 5.90. The molecule has 7 heteroatoms. The summed E-state index contributed by atoms with van der Waals surface area (Å²) in [5.74, 6) is 0.307. The standard InChI is InChI=1S/C14H21N5O2/c1-10-11(7-15-13-17-9-18-19(10)13)12(21)16-8-14(2,3)5-4-6-20/h7,9,20H,4-6,8H2,1-3H3,(H,16,21). The van der Waals surface area contributed by atoms with Crippen molar-refractivity contribution in [1.29, 1.82) is 0 Å². The van der Waals surface area contributed by atoms with Crippen LogP contribution in [-0.4, -0.2) is 43.7 Å². The number of rotatable bonds is 6. The molecule has 2 aromatic rings. The Balaban J connectivity index is 2.07. The predicted octanol–water partition coefficient (Wildman–Crippen LogP) is 0.961. The second kappa shape index (κ2) is 6.17. The summed E-state index contributed by atoms with van der Waals surface area (Å²) in [5.41, 5.74) is 1.14. The number of fused-ring (bicyclic) bond motifs is 1. The Morgan fingerprint density at radius 2 is 2.19 bits per heavy atom. The number of nitrogens with zero attached hydrogens (tertiary/aromatic N) is 4. The summed E-state index contributed by atoms with van der Waals surface area (Å²) in [6.45, 7) is 6.66. The first-order valence-corrected chi connectivity index (χ1v) is 6.99. The number of amides is 1. The molecule has 0 radical (unpaired) electrons. The van der Waals surface area contributed by atoms with Crippen LogP contribution in [0.25, 0.3) is 5.78 Å². The van der Waals surface area contributed by atoms with E-state index in [4.69, 9.17) is 5.11 Å². The van der Waals surface area contributed by atoms with E-state index in [1.165, 1.54) is 12.5 Å². The summed E-state index contributed by atoms with van der Waals surface area (Å²) in [6.07, 6.45) is 4.52. The van der Waals surface area contributed by atoms with Crippen LogP contribution in [0.3, 0.4) is 0 Å². The highest BCUT2D eigenvalue weighted by molar-refractivity contribution is 5.95. The molecule has 0 saturated carbocycles. The molecule has 0 fully saturated rings. The van der Waals surface area contributed by atoms with Crippen molar-refractivity contribution in [1.82, 2.24) is 24.9 Å². The van der Waals surface area contributed by atoms with E-state index in [0.717, 1.165) is 12.8 Å². The molecular formula is C14H21N5O2. The highest BCUT2D eigenvalue weighted by Crippen LogP contribution is 2.21. The van der Waals surface area contributed by atoms with Gasteiger partial charge in [0.05, 0.1) is 11.3 Å². The van der Waals surface area contributed by atoms with E-state index in [2.05, 4.69) is 34.2 Å². The van der Waals surface area contributed by atoms with Crippen molar-refractivity contribution in [3.8, 4) is 0 Å². The fourth-order valence-electron chi connectivity index (χ4n) is 2.17. The van der Waals surface area contributed by atoms with E-state index < -0.39 is 0 Å². The minimum atomic E-state index is -0.172. The molecule has 0 spiro atoms. The molecule has 2 heterocycles. The average Bonchev–Trinajstić information content (AvgIpc) is 2.92. The van der Waals surface area contributed by atoms with Gasteiger partial charge in [0.1, 0.15) is 6.33 Å². The summed E-state index contributed by atoms with van der Waals surface area (Å²) >= 11 is 0. The van der Waals surface area contributed by atoms with Gasteiger partial charge >= 0.3 is 0 Å². The molecule has 0 unspecified atom stereocenters. The normalized spacial score (nSPS) is 11.8. The van der Waals surface area contributed by atoms with Crippen LogP contribution in [0.2, 0.25) is 0 Å². The lowest BCUT2D eigenvalue weighted by Gasteiger charge is -2.24. The van der Waals surface area contributed by atoms with Gasteiger partial charge in [-0.1, -0.05) is 13.8 Å². The van der Waals surface area contributed by atoms with E-state index in [1.54, 1.807) is 4.52 Å². The van der Waals surface area contributed by atoms with Crippen molar-refractivity contribution in [2.75, 3.05) is 13.2 Å². The lowest BCUT2D eigenvalue weighted by molar-refractivity contribution is 0.0931. The zero-order chi connectivity index (χ0) is 15.5. The van der Waals surface area contributed by atoms with Crippen LogP contribution in [0, 0.1) is 12.3 Å². The van der Waals surface area contributed by atoms with Crippen LogP contribution in [0.15, 0.2) is 12.5 Å². The molecule has 1 amide bonds. The quantitative estimate of drug-likeness (QED) is 0.827. The maximum Gasteiger partial charge on any atom is 0.254 e. The van der Waals surface area contributed by atoms with Crippen molar-refractivity contribution < 1.29 is 9.90 Å². The van der Waals surface area contributed by atoms with Crippen molar-refractivity contribution in [3.05, 3.63) is 23.8 Å². The van der Waals surface area contributed by atoms with Gasteiger partial charge in [-0.25, -0.2) is 9.50 Å². The first-order valence-electron chi connectivity index (χ1n) is 6.99. The monoisotopic (exact) mass is 291 g/mol. The summed E-state index contributed by atoms with van der Waals surface area (Å²) in [7, 11) is 0. The predicted molar refractivity (Wildman–Crippen MR) is 78.0 cm³/mol. The zero-order valence-corrected chi connectivity index (χ0v) is 12.6. The summed E-state index contributed by atoms with van der Waals surface area (Å²) < 4.78 is 1.55. The third-order valence-corrected chi connectivity index (χ3v) is 3.53. The number of nitrogens with one attached hydrogen (secondary N) is 1. The molecule has 0 bridgehead atoms. The molecule has 7 nitrogen and oxygen atoms in total. The number of aryl methyl sites for hydroxylation is 1. The number of carbonyl (C=O) groups is 1. The summed E-state index contributed by atoms with van der Waals surface area (Å²) in [6, 6.07) is 0. The fraction of sp³-hybridized carbons (Fsp3) is 0.571. The smallest absolute Gasteiger partial charge is 0.254 e. The number of aliphatic hydroxyl groups excluding tert-OH is 1. The van der Waals surface area contributed by atoms with Crippen molar-refractivity contribution in [2.45, 2.75) is 33.6 Å². The zero-order valence-electron chi connectivity index (χ0n) is 12.6. The van der Waals surface area contributed by atoms with Gasteiger partial charge in [-0.15, -0.1) is 0 Å². The van der Waals surface area contributed by atoms with Gasteiger partial charge in [-0.2, -0.15) is 10.1 Å². The SMILES string of the molecule is Cc1c(C(=O)NCC(C)(C)CCCO)cnc2ncnn12. The van der Waals surface area contributed by atoms with E-state index in [-0.39, 0.29) is 17.9 Å². The minimum Gasteiger partial charge on any atom is -0.396 e.